The lowest BCUT2D eigenvalue weighted by molar-refractivity contribution is -0.154. The Labute approximate surface area is 861 Å². The number of hydrogen-bond acceptors (Lipinski definition) is 31. The van der Waals surface area contributed by atoms with Crippen LogP contribution in [0.2, 0.25) is 0 Å². The molecule has 8 heterocycles. The van der Waals surface area contributed by atoms with Gasteiger partial charge in [0.25, 0.3) is 10.1 Å². The van der Waals surface area contributed by atoms with E-state index in [-0.39, 0.29) is 161 Å². The summed E-state index contributed by atoms with van der Waals surface area (Å²) in [6.45, 7) is 13.4. The molecule has 0 bridgehead atoms. The molecule has 15 rings (SSSR count). The zero-order valence-corrected chi connectivity index (χ0v) is 89.9. The Morgan fingerprint density at radius 2 is 0.671 bits per heavy atom. The van der Waals surface area contributed by atoms with Gasteiger partial charge in [-0.3, -0.25) is 8.98 Å². The van der Waals surface area contributed by atoms with Crippen LogP contribution in [0.25, 0.3) is 0 Å². The molecular weight excluding hydrogens is 2130 g/mol. The van der Waals surface area contributed by atoms with Crippen LogP contribution in [0, 0.1) is 6.92 Å². The predicted molar refractivity (Wildman–Crippen MR) is 547 cm³/mol. The number of hydrogen-bond donors (Lipinski definition) is 4. The highest BCUT2D eigenvalue weighted by Crippen LogP contribution is 2.31. The van der Waals surface area contributed by atoms with Gasteiger partial charge in [0.05, 0.1) is 139 Å². The number of aryl methyl sites for hydroxylation is 1. The number of carbonyl (C=O) groups excluding carboxylic acids is 1. The van der Waals surface area contributed by atoms with E-state index in [1.165, 1.54) is 90.5 Å². The van der Waals surface area contributed by atoms with E-state index in [1.54, 1.807) is 93.6 Å². The Morgan fingerprint density at radius 1 is 0.392 bits per heavy atom. The fraction of sp³-hybridized carbons (Fsp3) is 0.515. The van der Waals surface area contributed by atoms with E-state index in [0.29, 0.717) is 104 Å². The Balaban J connectivity index is 0.000000204. The standard InChI is InChI=1S/C21H29FO6S.2C15H20FNO4S.C12H16O4S.C11H13BrO3S.C11H13BrOS.C11H14O4S.C5H10O2/c1-21(2,3)28-20(23)11-6-16(13-22)14-27-17-7-9-19(10-8-17)29(24,25)15-18-5-4-12-26-18;2*16-8-12(9-17)10-21-13-3-5-15(6-4-13)22(18,19)11-14-2-1-7-20-14;1-10-4-6-12(7-5-10)17(13,14)16-9-11-3-2-8-15-11;12-9-3-5-11(6-4-9)16(13,14)8-10-2-1-7-15-10;12-9-3-5-11(6-4-9)14-8-10-2-1-7-13-10;12-9-3-5-11(6-4-9)16(13,14)8-10-2-1-7-15-10;6-4-5-2-1-3-7-5/h7-10,13,18H,4-6,11-12,14-15H2,1-3H3;2*3-6,8,14H,1-2,7,9-11,17H2;4-7,11H,2-3,8-9H2,1H3;3-6,10H,1-2,7-8H2;3-6,10H,1-2,7-8H2;3-6,10,12H,1-2,7-8H2;5-6H,1-4H2/b16-13+;2*12-8+;;;;;/t;2*14-;;;;;/m.10...../s1. The van der Waals surface area contributed by atoms with Gasteiger partial charge in [0, 0.05) is 103 Å². The van der Waals surface area contributed by atoms with E-state index in [1.807, 2.05) is 18.7 Å². The van der Waals surface area contributed by atoms with Gasteiger partial charge < -0.3 is 78.5 Å². The quantitative estimate of drug-likeness (QED) is 0.0160. The smallest absolute Gasteiger partial charge is 0.306 e. The van der Waals surface area contributed by atoms with Crippen LogP contribution >= 0.6 is 43.6 Å². The number of sulfone groups is 5. The van der Waals surface area contributed by atoms with Crippen LogP contribution in [0.1, 0.15) is 142 Å². The zero-order chi connectivity index (χ0) is 104. The molecule has 7 aromatic carbocycles. The summed E-state index contributed by atoms with van der Waals surface area (Å²) in [6.07, 6.45) is 16.0. The Kier molecular flexibility index (Phi) is 52.7. The maximum absolute atomic E-state index is 13.1. The highest BCUT2D eigenvalue weighted by Gasteiger charge is 2.32. The number of thioether (sulfide) groups is 1. The number of phenolic OH excluding ortho intramolecular Hbond substituents is 1. The number of aromatic hydroxyl groups is 1. The molecule has 6 N–H and O–H groups in total. The molecule has 42 heteroatoms. The van der Waals surface area contributed by atoms with Crippen molar-refractivity contribution in [2.45, 2.75) is 232 Å². The number of esters is 1. The van der Waals surface area contributed by atoms with Crippen molar-refractivity contribution >= 4 is 109 Å². The first kappa shape index (κ1) is 121. The zero-order valence-electron chi connectivity index (χ0n) is 81.0. The lowest BCUT2D eigenvalue weighted by Crippen LogP contribution is -2.23. The molecule has 143 heavy (non-hydrogen) atoms. The molecule has 30 nitrogen and oxygen atoms in total. The van der Waals surface area contributed by atoms with E-state index < -0.39 is 70.9 Å². The van der Waals surface area contributed by atoms with Gasteiger partial charge in [-0.2, -0.15) is 8.42 Å². The third-order valence-corrected chi connectivity index (χ3v) is 35.1. The van der Waals surface area contributed by atoms with Crippen LogP contribution in [0.3, 0.4) is 0 Å². The van der Waals surface area contributed by atoms with Gasteiger partial charge >= 0.3 is 5.97 Å². The summed E-state index contributed by atoms with van der Waals surface area (Å²) in [5.74, 6) is 2.16. The average molecular weight is 2270 g/mol. The number of halogens is 5. The number of nitrogens with two attached hydrogens (primary N) is 2. The maximum atomic E-state index is 13.1. The first-order chi connectivity index (χ1) is 68.2. The minimum atomic E-state index is -3.64. The molecule has 0 saturated carbocycles. The Hall–Kier alpha value is -7.25. The molecule has 6 unspecified atom stereocenters. The topological polar surface area (TPSA) is 434 Å². The molecule has 0 radical (unpaired) electrons. The van der Waals surface area contributed by atoms with Crippen molar-refractivity contribution in [1.29, 1.82) is 0 Å². The molecule has 794 valence electrons. The second kappa shape index (κ2) is 62.3. The van der Waals surface area contributed by atoms with Gasteiger partial charge in [-0.25, -0.2) is 55.3 Å². The minimum absolute atomic E-state index is 0.00485. The monoisotopic (exact) mass is 2260 g/mol. The van der Waals surface area contributed by atoms with Crippen LogP contribution in [0.4, 0.5) is 13.2 Å². The summed E-state index contributed by atoms with van der Waals surface area (Å²) in [5, 5.41) is 17.5. The van der Waals surface area contributed by atoms with Crippen molar-refractivity contribution in [3.8, 4) is 23.0 Å². The number of rotatable bonds is 37. The average Bonchev–Trinajstić information content (AvgIpc) is 1.78. The van der Waals surface area contributed by atoms with E-state index in [4.69, 9.17) is 82.7 Å². The fourth-order valence-corrected chi connectivity index (χ4v) is 24.6. The molecule has 8 atom stereocenters. The van der Waals surface area contributed by atoms with Gasteiger partial charge in [-0.05, 0) is 300 Å². The van der Waals surface area contributed by atoms with Gasteiger partial charge in [0.2, 0.25) is 0 Å². The van der Waals surface area contributed by atoms with Gasteiger partial charge in [0.1, 0.15) is 48.4 Å². The largest absolute Gasteiger partial charge is 0.508 e. The molecule has 0 amide bonds. The van der Waals surface area contributed by atoms with Gasteiger partial charge in [-0.15, -0.1) is 11.8 Å². The minimum Gasteiger partial charge on any atom is -0.508 e. The predicted octanol–water partition coefficient (Wildman–Crippen LogP) is 17.2. The molecule has 0 aromatic heterocycles. The fourth-order valence-electron chi connectivity index (χ4n) is 14.7. The molecule has 8 aliphatic heterocycles. The molecule has 8 saturated heterocycles. The normalized spacial score (nSPS) is 20.4. The number of benzene rings is 7. The van der Waals surface area contributed by atoms with Crippen molar-refractivity contribution in [2.24, 2.45) is 11.5 Å². The van der Waals surface area contributed by atoms with E-state index in [2.05, 4.69) is 56.1 Å². The van der Waals surface area contributed by atoms with Crippen LogP contribution in [-0.4, -0.2) is 255 Å². The molecule has 8 fully saturated rings. The second-order valence-electron chi connectivity index (χ2n) is 35.5. The number of aliphatic hydroxyl groups excluding tert-OH is 1. The summed E-state index contributed by atoms with van der Waals surface area (Å²) in [6, 6.07) is 45.5. The Bertz CT molecular complexity index is 5540. The lowest BCUT2D eigenvalue weighted by Gasteiger charge is -2.19. The SMILES string of the molecule is Brc1ccc(SCC2CCCO2)cc1.CC(C)(C)OC(=O)CC/C(=C\F)COc1ccc(S(=O)(=O)CC2CCCO2)cc1.Cc1ccc(S(=O)(=O)OCC2CCCO2)cc1.NC/C(=C\F)COc1ccc(S(=O)(=O)C[C@@H]2CCCO2)cc1.NC/C(=C\F)COc1ccc(S(=O)(=O)C[C@H]2CCCO2)cc1.O=S(=O)(CC1CCCO1)c1ccc(Br)cc1.O=S(=O)(CC1CCCO1)c1ccc(O)cc1.OCC1CCCO1. The van der Waals surface area contributed by atoms with Crippen LogP contribution in [0.15, 0.2) is 249 Å². The Morgan fingerprint density at radius 3 is 0.958 bits per heavy atom. The maximum Gasteiger partial charge on any atom is 0.306 e. The first-order valence-electron chi connectivity index (χ1n) is 47.4. The van der Waals surface area contributed by atoms with Crippen molar-refractivity contribution in [1.82, 2.24) is 0 Å². The van der Waals surface area contributed by atoms with E-state index >= 15 is 0 Å². The van der Waals surface area contributed by atoms with Crippen molar-refractivity contribution in [3.05, 3.63) is 220 Å². The van der Waals surface area contributed by atoms with Crippen molar-refractivity contribution < 1.29 is 140 Å². The summed E-state index contributed by atoms with van der Waals surface area (Å²) in [7, 11) is -20.3. The molecule has 0 spiro atoms. The van der Waals surface area contributed by atoms with Crippen LogP contribution in [0.5, 0.6) is 23.0 Å². The second-order valence-corrected chi connectivity index (χ2v) is 50.2. The van der Waals surface area contributed by atoms with Crippen LogP contribution in [-0.2, 0) is 111 Å². The lowest BCUT2D eigenvalue weighted by atomic mass is 10.1. The van der Waals surface area contributed by atoms with Crippen molar-refractivity contribution in [3.63, 3.8) is 0 Å². The highest BCUT2D eigenvalue weighted by atomic mass is 79.9. The number of ether oxygens (including phenoxy) is 12. The molecule has 8 aliphatic rings. The molecule has 0 aliphatic carbocycles. The first-order valence-corrected chi connectivity index (χ1v) is 59.7. The highest BCUT2D eigenvalue weighted by molar-refractivity contribution is 9.10. The summed E-state index contributed by atoms with van der Waals surface area (Å²) < 4.78 is 254. The summed E-state index contributed by atoms with van der Waals surface area (Å²) in [5.41, 5.74) is 12.1. The summed E-state index contributed by atoms with van der Waals surface area (Å²) >= 11 is 8.59. The number of phenols is 1. The number of aliphatic hydroxyl groups is 1. The number of carbonyl (C=O) groups is 1. The van der Waals surface area contributed by atoms with Gasteiger partial charge in [0.15, 0.2) is 49.2 Å². The van der Waals surface area contributed by atoms with E-state index in [9.17, 15) is 68.5 Å². The molecular formula is C101H135Br2F3N2O28S7. The third kappa shape index (κ3) is 45.8. The van der Waals surface area contributed by atoms with Crippen LogP contribution < -0.4 is 25.7 Å². The third-order valence-electron chi connectivity index (χ3n) is 22.6. The summed E-state index contributed by atoms with van der Waals surface area (Å²) in [4.78, 5) is 14.5. The van der Waals surface area contributed by atoms with Crippen molar-refractivity contribution in [2.75, 3.05) is 133 Å². The molecule has 7 aromatic rings. The van der Waals surface area contributed by atoms with E-state index in [0.717, 1.165) is 123 Å². The van der Waals surface area contributed by atoms with Gasteiger partial charge in [-0.1, -0.05) is 49.6 Å².